The molecule has 2 rings (SSSR count). The molecule has 1 N–H and O–H groups in total. The first-order valence-electron chi connectivity index (χ1n) is 5.99. The monoisotopic (exact) mass is 252 g/mol. The highest BCUT2D eigenvalue weighted by molar-refractivity contribution is 5.88. The molecule has 1 aromatic heterocycles. The summed E-state index contributed by atoms with van der Waals surface area (Å²) in [4.78, 5) is 18.5. The molecule has 1 fully saturated rings. The SMILES string of the molecule is O=C(O)c1cncnc1COCC1CCCCO1. The normalized spacial score (nSPS) is 19.7. The van der Waals surface area contributed by atoms with E-state index in [1.807, 2.05) is 0 Å². The van der Waals surface area contributed by atoms with Crippen molar-refractivity contribution in [2.75, 3.05) is 13.2 Å². The lowest BCUT2D eigenvalue weighted by Crippen LogP contribution is -2.24. The first kappa shape index (κ1) is 12.9. The van der Waals surface area contributed by atoms with Gasteiger partial charge in [-0.1, -0.05) is 0 Å². The van der Waals surface area contributed by atoms with E-state index in [9.17, 15) is 4.79 Å². The Morgan fingerprint density at radius 1 is 1.56 bits per heavy atom. The van der Waals surface area contributed by atoms with Gasteiger partial charge in [0.25, 0.3) is 0 Å². The van der Waals surface area contributed by atoms with Crippen molar-refractivity contribution in [3.63, 3.8) is 0 Å². The first-order valence-corrected chi connectivity index (χ1v) is 5.99. The quantitative estimate of drug-likeness (QED) is 0.849. The third-order valence-corrected chi connectivity index (χ3v) is 2.84. The van der Waals surface area contributed by atoms with E-state index >= 15 is 0 Å². The maximum atomic E-state index is 10.9. The van der Waals surface area contributed by atoms with Crippen LogP contribution in [0.1, 0.15) is 35.3 Å². The molecular weight excluding hydrogens is 236 g/mol. The van der Waals surface area contributed by atoms with E-state index < -0.39 is 5.97 Å². The van der Waals surface area contributed by atoms with Crippen molar-refractivity contribution in [1.82, 2.24) is 9.97 Å². The number of hydrogen-bond donors (Lipinski definition) is 1. The molecular formula is C12H16N2O4. The van der Waals surface area contributed by atoms with Crippen LogP contribution in [-0.2, 0) is 16.1 Å². The summed E-state index contributed by atoms with van der Waals surface area (Å²) in [5.41, 5.74) is 0.482. The second-order valence-electron chi connectivity index (χ2n) is 4.19. The summed E-state index contributed by atoms with van der Waals surface area (Å²) < 4.78 is 11.0. The number of carboxylic acid groups (broad SMARTS) is 1. The summed E-state index contributed by atoms with van der Waals surface area (Å²) in [5.74, 6) is -1.04. The van der Waals surface area contributed by atoms with E-state index in [0.717, 1.165) is 25.9 Å². The van der Waals surface area contributed by atoms with Gasteiger partial charge in [0.2, 0.25) is 0 Å². The molecule has 0 radical (unpaired) electrons. The Balaban J connectivity index is 1.84. The molecule has 6 heteroatoms. The number of nitrogens with zero attached hydrogens (tertiary/aromatic N) is 2. The predicted molar refractivity (Wildman–Crippen MR) is 62.2 cm³/mol. The molecule has 1 aromatic rings. The van der Waals surface area contributed by atoms with Crippen LogP contribution in [0.15, 0.2) is 12.5 Å². The average molecular weight is 252 g/mol. The minimum Gasteiger partial charge on any atom is -0.478 e. The zero-order chi connectivity index (χ0) is 12.8. The van der Waals surface area contributed by atoms with E-state index in [4.69, 9.17) is 14.6 Å². The van der Waals surface area contributed by atoms with E-state index in [-0.39, 0.29) is 18.3 Å². The summed E-state index contributed by atoms with van der Waals surface area (Å²) in [5, 5.41) is 8.95. The minimum absolute atomic E-state index is 0.0852. The zero-order valence-electron chi connectivity index (χ0n) is 10.0. The Kier molecular flexibility index (Phi) is 4.60. The second kappa shape index (κ2) is 6.42. The fraction of sp³-hybridized carbons (Fsp3) is 0.583. The Morgan fingerprint density at radius 2 is 2.44 bits per heavy atom. The maximum Gasteiger partial charge on any atom is 0.339 e. The fourth-order valence-corrected chi connectivity index (χ4v) is 1.87. The van der Waals surface area contributed by atoms with Gasteiger partial charge < -0.3 is 14.6 Å². The van der Waals surface area contributed by atoms with E-state index in [0.29, 0.717) is 12.3 Å². The largest absolute Gasteiger partial charge is 0.478 e. The van der Waals surface area contributed by atoms with Crippen LogP contribution in [0.4, 0.5) is 0 Å². The fourth-order valence-electron chi connectivity index (χ4n) is 1.87. The van der Waals surface area contributed by atoms with Crippen molar-refractivity contribution in [2.24, 2.45) is 0 Å². The molecule has 2 heterocycles. The van der Waals surface area contributed by atoms with Gasteiger partial charge in [-0.2, -0.15) is 0 Å². The third kappa shape index (κ3) is 3.48. The summed E-state index contributed by atoms with van der Waals surface area (Å²) in [6, 6.07) is 0. The van der Waals surface area contributed by atoms with Crippen molar-refractivity contribution in [3.05, 3.63) is 23.8 Å². The number of carboxylic acids is 1. The van der Waals surface area contributed by atoms with Crippen LogP contribution in [0.3, 0.4) is 0 Å². The zero-order valence-corrected chi connectivity index (χ0v) is 10.0. The van der Waals surface area contributed by atoms with E-state index in [1.165, 1.54) is 12.5 Å². The summed E-state index contributed by atoms with van der Waals surface area (Å²) in [7, 11) is 0. The van der Waals surface area contributed by atoms with Crippen LogP contribution in [0.2, 0.25) is 0 Å². The van der Waals surface area contributed by atoms with Crippen LogP contribution in [0, 0.1) is 0 Å². The lowest BCUT2D eigenvalue weighted by molar-refractivity contribution is -0.0453. The van der Waals surface area contributed by atoms with Gasteiger partial charge in [0.1, 0.15) is 11.9 Å². The molecule has 0 bridgehead atoms. The average Bonchev–Trinajstić information content (AvgIpc) is 2.40. The molecule has 98 valence electrons. The molecule has 1 saturated heterocycles. The number of ether oxygens (including phenoxy) is 2. The highest BCUT2D eigenvalue weighted by atomic mass is 16.5. The number of aromatic nitrogens is 2. The topological polar surface area (TPSA) is 81.5 Å². The Bertz CT molecular complexity index is 405. The molecule has 1 unspecified atom stereocenters. The maximum absolute atomic E-state index is 10.9. The van der Waals surface area contributed by atoms with E-state index in [2.05, 4.69) is 9.97 Å². The number of rotatable bonds is 5. The molecule has 0 aliphatic carbocycles. The number of aromatic carboxylic acids is 1. The van der Waals surface area contributed by atoms with Gasteiger partial charge in [0, 0.05) is 12.8 Å². The standard InChI is InChI=1S/C12H16N2O4/c15-12(16)10-5-13-8-14-11(10)7-17-6-9-3-1-2-4-18-9/h5,8-9H,1-4,6-7H2,(H,15,16). The molecule has 0 spiro atoms. The molecule has 0 amide bonds. The second-order valence-corrected chi connectivity index (χ2v) is 4.19. The van der Waals surface area contributed by atoms with Gasteiger partial charge >= 0.3 is 5.97 Å². The highest BCUT2D eigenvalue weighted by Gasteiger charge is 2.15. The summed E-state index contributed by atoms with van der Waals surface area (Å²) >= 11 is 0. The Hall–Kier alpha value is -1.53. The first-order chi connectivity index (χ1) is 8.77. The van der Waals surface area contributed by atoms with Crippen LogP contribution < -0.4 is 0 Å². The van der Waals surface area contributed by atoms with Gasteiger partial charge in [-0.15, -0.1) is 0 Å². The van der Waals surface area contributed by atoms with Gasteiger partial charge in [0.05, 0.1) is 25.0 Å². The Labute approximate surface area is 105 Å². The lowest BCUT2D eigenvalue weighted by atomic mass is 10.1. The highest BCUT2D eigenvalue weighted by Crippen LogP contribution is 2.13. The third-order valence-electron chi connectivity index (χ3n) is 2.84. The van der Waals surface area contributed by atoms with Crippen molar-refractivity contribution >= 4 is 5.97 Å². The molecule has 0 saturated carbocycles. The number of carbonyl (C=O) groups is 1. The van der Waals surface area contributed by atoms with Crippen LogP contribution in [0.5, 0.6) is 0 Å². The molecule has 1 aliphatic rings. The van der Waals surface area contributed by atoms with Crippen molar-refractivity contribution in [1.29, 1.82) is 0 Å². The summed E-state index contributed by atoms with van der Waals surface area (Å²) in [6.07, 6.45) is 5.98. The van der Waals surface area contributed by atoms with Gasteiger partial charge in [0.15, 0.2) is 0 Å². The van der Waals surface area contributed by atoms with Crippen molar-refractivity contribution < 1.29 is 19.4 Å². The minimum atomic E-state index is -1.04. The molecule has 1 aliphatic heterocycles. The lowest BCUT2D eigenvalue weighted by Gasteiger charge is -2.22. The molecule has 1 atom stereocenters. The molecule has 6 nitrogen and oxygen atoms in total. The molecule has 18 heavy (non-hydrogen) atoms. The van der Waals surface area contributed by atoms with Crippen LogP contribution in [0.25, 0.3) is 0 Å². The predicted octanol–water partition coefficient (Wildman–Crippen LogP) is 1.26. The Morgan fingerprint density at radius 3 is 3.17 bits per heavy atom. The van der Waals surface area contributed by atoms with E-state index in [1.54, 1.807) is 0 Å². The smallest absolute Gasteiger partial charge is 0.339 e. The summed E-state index contributed by atoms with van der Waals surface area (Å²) in [6.45, 7) is 1.43. The van der Waals surface area contributed by atoms with Gasteiger partial charge in [-0.05, 0) is 19.3 Å². The van der Waals surface area contributed by atoms with Crippen LogP contribution >= 0.6 is 0 Å². The molecule has 0 aromatic carbocycles. The van der Waals surface area contributed by atoms with Gasteiger partial charge in [-0.25, -0.2) is 14.8 Å². The van der Waals surface area contributed by atoms with Crippen molar-refractivity contribution in [2.45, 2.75) is 32.0 Å². The van der Waals surface area contributed by atoms with Crippen LogP contribution in [-0.4, -0.2) is 40.4 Å². The van der Waals surface area contributed by atoms with Gasteiger partial charge in [-0.3, -0.25) is 0 Å². The van der Waals surface area contributed by atoms with Crippen molar-refractivity contribution in [3.8, 4) is 0 Å². The number of hydrogen-bond acceptors (Lipinski definition) is 5.